The van der Waals surface area contributed by atoms with Crippen molar-refractivity contribution in [3.63, 3.8) is 0 Å². The van der Waals surface area contributed by atoms with Gasteiger partial charge in [0.1, 0.15) is 6.04 Å². The topological polar surface area (TPSA) is 97.4 Å². The number of fused-ring (bicyclic) bond motifs is 1. The van der Waals surface area contributed by atoms with E-state index in [0.29, 0.717) is 16.9 Å². The Morgan fingerprint density at radius 3 is 2.59 bits per heavy atom. The van der Waals surface area contributed by atoms with E-state index in [0.717, 1.165) is 10.9 Å². The molecule has 0 saturated heterocycles. The first-order valence-electron chi connectivity index (χ1n) is 9.07. The van der Waals surface area contributed by atoms with Crippen LogP contribution >= 0.6 is 0 Å². The smallest absolute Gasteiger partial charge is 0.328 e. The Labute approximate surface area is 168 Å². The zero-order valence-electron chi connectivity index (χ0n) is 16.1. The minimum absolute atomic E-state index is 0.189. The summed E-state index contributed by atoms with van der Waals surface area (Å²) in [6.07, 6.45) is 0.189. The molecule has 2 amide bonds. The zero-order valence-corrected chi connectivity index (χ0v) is 16.1. The van der Waals surface area contributed by atoms with Crippen LogP contribution in [-0.2, 0) is 20.7 Å². The number of anilines is 1. The van der Waals surface area contributed by atoms with Gasteiger partial charge in [-0.15, -0.1) is 0 Å². The predicted molar refractivity (Wildman–Crippen MR) is 109 cm³/mol. The minimum Gasteiger partial charge on any atom is -0.467 e. The molecule has 148 valence electrons. The van der Waals surface area contributed by atoms with Gasteiger partial charge in [0.05, 0.1) is 12.6 Å². The Hall–Kier alpha value is -3.74. The van der Waals surface area contributed by atoms with E-state index in [1.807, 2.05) is 36.4 Å². The maximum atomic E-state index is 12.7. The van der Waals surface area contributed by atoms with Gasteiger partial charge in [-0.2, -0.15) is 0 Å². The van der Waals surface area contributed by atoms with Crippen LogP contribution in [0.25, 0.3) is 10.9 Å². The average Bonchev–Trinajstić information content (AvgIpc) is 2.72. The number of aromatic nitrogens is 1. The fourth-order valence-corrected chi connectivity index (χ4v) is 2.95. The van der Waals surface area contributed by atoms with Crippen molar-refractivity contribution in [2.45, 2.75) is 19.4 Å². The van der Waals surface area contributed by atoms with E-state index in [1.165, 1.54) is 14.0 Å². The molecule has 0 bridgehead atoms. The monoisotopic (exact) mass is 391 g/mol. The van der Waals surface area contributed by atoms with Crippen LogP contribution in [0.5, 0.6) is 0 Å². The highest BCUT2D eigenvalue weighted by atomic mass is 16.5. The molecule has 0 spiro atoms. The molecule has 1 aromatic heterocycles. The minimum atomic E-state index is -0.898. The summed E-state index contributed by atoms with van der Waals surface area (Å²) in [5.74, 6) is -1.25. The number of nitrogens with one attached hydrogen (secondary N) is 2. The fourth-order valence-electron chi connectivity index (χ4n) is 2.95. The highest BCUT2D eigenvalue weighted by molar-refractivity contribution is 5.98. The van der Waals surface area contributed by atoms with Crippen LogP contribution < -0.4 is 10.6 Å². The quantitative estimate of drug-likeness (QED) is 0.630. The van der Waals surface area contributed by atoms with E-state index in [1.54, 1.807) is 24.3 Å². The van der Waals surface area contributed by atoms with Crippen molar-refractivity contribution in [1.82, 2.24) is 10.3 Å². The second-order valence-corrected chi connectivity index (χ2v) is 6.51. The molecular weight excluding hydrogens is 370 g/mol. The lowest BCUT2D eigenvalue weighted by atomic mass is 10.1. The Bertz CT molecular complexity index is 1060. The molecule has 3 aromatic rings. The number of esters is 1. The number of hydrogen-bond acceptors (Lipinski definition) is 5. The van der Waals surface area contributed by atoms with E-state index < -0.39 is 17.9 Å². The first-order chi connectivity index (χ1) is 14.0. The van der Waals surface area contributed by atoms with Crippen molar-refractivity contribution < 1.29 is 19.1 Å². The summed E-state index contributed by atoms with van der Waals surface area (Å²) < 4.78 is 4.85. The largest absolute Gasteiger partial charge is 0.467 e. The van der Waals surface area contributed by atoms with Gasteiger partial charge < -0.3 is 15.4 Å². The van der Waals surface area contributed by atoms with Crippen molar-refractivity contribution in [1.29, 1.82) is 0 Å². The fraction of sp³-hybridized carbons (Fsp3) is 0.182. The highest BCUT2D eigenvalue weighted by Crippen LogP contribution is 2.14. The lowest BCUT2D eigenvalue weighted by Crippen LogP contribution is -2.43. The number of hydrogen-bond donors (Lipinski definition) is 2. The van der Waals surface area contributed by atoms with Gasteiger partial charge in [0.15, 0.2) is 0 Å². The van der Waals surface area contributed by atoms with Crippen LogP contribution in [-0.4, -0.2) is 35.9 Å². The molecule has 7 heteroatoms. The normalized spacial score (nSPS) is 11.5. The van der Waals surface area contributed by atoms with Crippen LogP contribution in [0.3, 0.4) is 0 Å². The molecule has 1 atom stereocenters. The number of carbonyl (C=O) groups is 3. The molecule has 1 heterocycles. The Morgan fingerprint density at radius 2 is 1.83 bits per heavy atom. The van der Waals surface area contributed by atoms with Gasteiger partial charge in [-0.05, 0) is 30.3 Å². The van der Waals surface area contributed by atoms with Crippen molar-refractivity contribution in [3.8, 4) is 0 Å². The molecule has 29 heavy (non-hydrogen) atoms. The molecule has 0 aliphatic heterocycles. The number of benzene rings is 2. The maximum Gasteiger partial charge on any atom is 0.328 e. The predicted octanol–water partition coefficient (Wildman–Crippen LogP) is 2.71. The zero-order chi connectivity index (χ0) is 20.8. The number of para-hydroxylation sites is 1. The second-order valence-electron chi connectivity index (χ2n) is 6.51. The van der Waals surface area contributed by atoms with Gasteiger partial charge in [0.25, 0.3) is 5.91 Å². The molecule has 0 unspecified atom stereocenters. The second kappa shape index (κ2) is 8.97. The molecule has 0 aliphatic carbocycles. The summed E-state index contributed by atoms with van der Waals surface area (Å²) in [4.78, 5) is 40.7. The first kappa shape index (κ1) is 20.0. The van der Waals surface area contributed by atoms with Crippen molar-refractivity contribution in [3.05, 3.63) is 71.9 Å². The van der Waals surface area contributed by atoms with Crippen molar-refractivity contribution >= 4 is 34.4 Å². The summed E-state index contributed by atoms with van der Waals surface area (Å²) in [5.41, 5.74) is 2.28. The molecular formula is C22H21N3O4. The number of nitrogens with zero attached hydrogens (tertiary/aromatic N) is 1. The third kappa shape index (κ3) is 5.16. The molecule has 0 aliphatic rings. The summed E-state index contributed by atoms with van der Waals surface area (Å²) in [6.45, 7) is 1.39. The van der Waals surface area contributed by atoms with Crippen LogP contribution in [0.1, 0.15) is 23.0 Å². The number of rotatable bonds is 6. The summed E-state index contributed by atoms with van der Waals surface area (Å²) in [5, 5.41) is 6.31. The van der Waals surface area contributed by atoms with Crippen LogP contribution in [0, 0.1) is 0 Å². The van der Waals surface area contributed by atoms with Crippen LogP contribution in [0.4, 0.5) is 5.69 Å². The number of methoxy groups -OCH3 is 1. The Kier molecular flexibility index (Phi) is 6.19. The molecule has 0 radical (unpaired) electrons. The first-order valence-corrected chi connectivity index (χ1v) is 9.07. The Balaban J connectivity index is 1.79. The standard InChI is InChI=1S/C22H21N3O4/c1-14(26)23-17-8-5-7-16(12-17)21(27)25-20(22(28)29-2)13-18-11-10-15-6-3-4-9-19(15)24-18/h3-12,20H,13H2,1-2H3,(H,23,26)(H,25,27)/t20-/m1/s1. The summed E-state index contributed by atoms with van der Waals surface area (Å²) in [6, 6.07) is 17.0. The molecule has 7 nitrogen and oxygen atoms in total. The van der Waals surface area contributed by atoms with Gasteiger partial charge in [-0.1, -0.05) is 30.3 Å². The highest BCUT2D eigenvalue weighted by Gasteiger charge is 2.23. The third-order valence-corrected chi connectivity index (χ3v) is 4.31. The molecule has 0 saturated carbocycles. The molecule has 2 aromatic carbocycles. The number of pyridine rings is 1. The van der Waals surface area contributed by atoms with Gasteiger partial charge in [0, 0.05) is 35.7 Å². The van der Waals surface area contributed by atoms with E-state index in [-0.39, 0.29) is 12.3 Å². The molecule has 3 rings (SSSR count). The van der Waals surface area contributed by atoms with Gasteiger partial charge in [-0.3, -0.25) is 14.6 Å². The van der Waals surface area contributed by atoms with E-state index in [2.05, 4.69) is 15.6 Å². The third-order valence-electron chi connectivity index (χ3n) is 4.31. The van der Waals surface area contributed by atoms with Gasteiger partial charge in [-0.25, -0.2) is 4.79 Å². The van der Waals surface area contributed by atoms with E-state index >= 15 is 0 Å². The van der Waals surface area contributed by atoms with Crippen LogP contribution in [0.15, 0.2) is 60.7 Å². The van der Waals surface area contributed by atoms with Gasteiger partial charge >= 0.3 is 5.97 Å². The molecule has 2 N–H and O–H groups in total. The summed E-state index contributed by atoms with van der Waals surface area (Å²) >= 11 is 0. The maximum absolute atomic E-state index is 12.7. The van der Waals surface area contributed by atoms with E-state index in [4.69, 9.17) is 4.74 Å². The van der Waals surface area contributed by atoms with Gasteiger partial charge in [0.2, 0.25) is 5.91 Å². The average molecular weight is 391 g/mol. The van der Waals surface area contributed by atoms with Crippen molar-refractivity contribution in [2.75, 3.05) is 12.4 Å². The number of amides is 2. The SMILES string of the molecule is COC(=O)[C@@H](Cc1ccc2ccccc2n1)NC(=O)c1cccc(NC(C)=O)c1. The van der Waals surface area contributed by atoms with Crippen molar-refractivity contribution in [2.24, 2.45) is 0 Å². The summed E-state index contributed by atoms with van der Waals surface area (Å²) in [7, 11) is 1.27. The lowest BCUT2D eigenvalue weighted by Gasteiger charge is -2.17. The van der Waals surface area contributed by atoms with E-state index in [9.17, 15) is 14.4 Å². The Morgan fingerprint density at radius 1 is 1.03 bits per heavy atom. The molecule has 0 fully saturated rings. The lowest BCUT2D eigenvalue weighted by molar-refractivity contribution is -0.142. The van der Waals surface area contributed by atoms with Crippen LogP contribution in [0.2, 0.25) is 0 Å². The number of ether oxygens (including phenoxy) is 1. The number of carbonyl (C=O) groups excluding carboxylic acids is 3.